The molecule has 5 aromatic rings. The molecular formula is C27H21N5O2S. The third kappa shape index (κ3) is 5.44. The topological polar surface area (TPSA) is 93.8 Å². The average Bonchev–Trinajstić information content (AvgIpc) is 3.36. The Morgan fingerprint density at radius 2 is 1.37 bits per heavy atom. The van der Waals surface area contributed by atoms with Crippen LogP contribution in [0.1, 0.15) is 21.7 Å². The molecule has 3 aromatic carbocycles. The van der Waals surface area contributed by atoms with Gasteiger partial charge in [-0.3, -0.25) is 4.79 Å². The Morgan fingerprint density at radius 3 is 2.00 bits per heavy atom. The van der Waals surface area contributed by atoms with E-state index in [1.807, 2.05) is 74.5 Å². The Morgan fingerprint density at radius 1 is 0.771 bits per heavy atom. The van der Waals surface area contributed by atoms with Gasteiger partial charge in [0.25, 0.3) is 5.91 Å². The fraction of sp³-hybridized carbons (Fsp3) is 0.0741. The molecule has 1 N–H and O–H groups in total. The zero-order valence-corrected chi connectivity index (χ0v) is 19.9. The van der Waals surface area contributed by atoms with Crippen LogP contribution in [0.15, 0.2) is 99.4 Å². The van der Waals surface area contributed by atoms with Crippen LogP contribution >= 0.6 is 11.8 Å². The molecule has 0 saturated carbocycles. The summed E-state index contributed by atoms with van der Waals surface area (Å²) in [6.45, 7) is 3.90. The van der Waals surface area contributed by atoms with E-state index in [1.54, 1.807) is 24.3 Å². The predicted molar refractivity (Wildman–Crippen MR) is 135 cm³/mol. The molecule has 1 amide bonds. The van der Waals surface area contributed by atoms with Crippen LogP contribution in [0, 0.1) is 13.8 Å². The molecule has 172 valence electrons. The van der Waals surface area contributed by atoms with Crippen molar-refractivity contribution in [2.75, 3.05) is 5.32 Å². The van der Waals surface area contributed by atoms with Crippen molar-refractivity contribution >= 4 is 23.4 Å². The Bertz CT molecular complexity index is 1450. The van der Waals surface area contributed by atoms with Crippen LogP contribution in [0.25, 0.3) is 22.9 Å². The summed E-state index contributed by atoms with van der Waals surface area (Å²) in [7, 11) is 0. The number of carbonyl (C=O) groups excluding carboxylic acids is 1. The van der Waals surface area contributed by atoms with Gasteiger partial charge in [0.2, 0.25) is 11.8 Å². The molecular weight excluding hydrogens is 458 g/mol. The zero-order valence-electron chi connectivity index (χ0n) is 19.1. The summed E-state index contributed by atoms with van der Waals surface area (Å²) in [6.07, 6.45) is 0. The summed E-state index contributed by atoms with van der Waals surface area (Å²) in [5.41, 5.74) is 4.70. The summed E-state index contributed by atoms with van der Waals surface area (Å²) < 4.78 is 5.78. The first kappa shape index (κ1) is 22.5. The molecule has 0 unspecified atom stereocenters. The molecule has 0 saturated heterocycles. The highest BCUT2D eigenvalue weighted by Crippen LogP contribution is 2.27. The first-order valence-corrected chi connectivity index (χ1v) is 11.8. The Labute approximate surface area is 206 Å². The second kappa shape index (κ2) is 9.90. The number of nitrogens with one attached hydrogen (secondary N) is 1. The number of hydrogen-bond acceptors (Lipinski definition) is 7. The van der Waals surface area contributed by atoms with Gasteiger partial charge in [0.1, 0.15) is 0 Å². The van der Waals surface area contributed by atoms with Gasteiger partial charge in [0.05, 0.1) is 0 Å². The number of anilines is 1. The first-order chi connectivity index (χ1) is 17.0. The fourth-order valence-corrected chi connectivity index (χ4v) is 4.32. The molecule has 8 heteroatoms. The molecule has 0 radical (unpaired) electrons. The number of benzene rings is 3. The molecule has 0 spiro atoms. The Balaban J connectivity index is 1.23. The van der Waals surface area contributed by atoms with Gasteiger partial charge in [-0.15, -0.1) is 10.2 Å². The van der Waals surface area contributed by atoms with Crippen molar-refractivity contribution in [1.82, 2.24) is 20.2 Å². The van der Waals surface area contributed by atoms with E-state index in [0.29, 0.717) is 28.2 Å². The smallest absolute Gasteiger partial charge is 0.255 e. The molecule has 0 aliphatic carbocycles. The van der Waals surface area contributed by atoms with Crippen molar-refractivity contribution in [3.63, 3.8) is 0 Å². The standard InChI is InChI=1S/C27H21N5O2S/c1-17-16-18(2)29-27(28-17)35-23-14-12-22(13-15-23)30-24(33)19-8-10-21(11-9-19)26-32-31-25(34-26)20-6-4-3-5-7-20/h3-16H,1-2H3,(H,30,33). The van der Waals surface area contributed by atoms with Crippen molar-refractivity contribution in [3.8, 4) is 22.9 Å². The van der Waals surface area contributed by atoms with E-state index in [-0.39, 0.29) is 5.91 Å². The van der Waals surface area contributed by atoms with Crippen molar-refractivity contribution in [3.05, 3.63) is 102 Å². The molecule has 2 heterocycles. The number of aromatic nitrogens is 4. The molecule has 0 aliphatic heterocycles. The lowest BCUT2D eigenvalue weighted by atomic mass is 10.1. The van der Waals surface area contributed by atoms with Crippen molar-refractivity contribution in [2.45, 2.75) is 23.9 Å². The minimum Gasteiger partial charge on any atom is -0.416 e. The van der Waals surface area contributed by atoms with E-state index >= 15 is 0 Å². The zero-order chi connectivity index (χ0) is 24.2. The quantitative estimate of drug-likeness (QED) is 0.289. The highest BCUT2D eigenvalue weighted by molar-refractivity contribution is 7.99. The van der Waals surface area contributed by atoms with Gasteiger partial charge in [-0.05, 0) is 92.3 Å². The molecule has 0 bridgehead atoms. The average molecular weight is 480 g/mol. The normalized spacial score (nSPS) is 10.8. The number of nitrogens with zero attached hydrogens (tertiary/aromatic N) is 4. The predicted octanol–water partition coefficient (Wildman–Crippen LogP) is 6.21. The highest BCUT2D eigenvalue weighted by Gasteiger charge is 2.12. The maximum Gasteiger partial charge on any atom is 0.255 e. The summed E-state index contributed by atoms with van der Waals surface area (Å²) in [5.74, 6) is 0.648. The van der Waals surface area contributed by atoms with Crippen molar-refractivity contribution in [2.24, 2.45) is 0 Å². The number of carbonyl (C=O) groups is 1. The van der Waals surface area contributed by atoms with Crippen LogP contribution in [0.5, 0.6) is 0 Å². The first-order valence-electron chi connectivity index (χ1n) is 10.9. The summed E-state index contributed by atoms with van der Waals surface area (Å²) in [4.78, 5) is 22.6. The molecule has 0 fully saturated rings. The Hall–Kier alpha value is -4.30. The van der Waals surface area contributed by atoms with Crippen molar-refractivity contribution in [1.29, 1.82) is 0 Å². The lowest BCUT2D eigenvalue weighted by molar-refractivity contribution is 0.102. The van der Waals surface area contributed by atoms with E-state index in [9.17, 15) is 4.79 Å². The highest BCUT2D eigenvalue weighted by atomic mass is 32.2. The van der Waals surface area contributed by atoms with Gasteiger partial charge in [0.15, 0.2) is 5.16 Å². The maximum atomic E-state index is 12.7. The van der Waals surface area contributed by atoms with Gasteiger partial charge >= 0.3 is 0 Å². The van der Waals surface area contributed by atoms with E-state index in [0.717, 1.165) is 27.4 Å². The summed E-state index contributed by atoms with van der Waals surface area (Å²) >= 11 is 1.48. The van der Waals surface area contributed by atoms with Gasteiger partial charge in [-0.2, -0.15) is 0 Å². The number of rotatable bonds is 6. The number of hydrogen-bond donors (Lipinski definition) is 1. The minimum absolute atomic E-state index is 0.204. The minimum atomic E-state index is -0.204. The van der Waals surface area contributed by atoms with Crippen LogP contribution in [-0.2, 0) is 0 Å². The SMILES string of the molecule is Cc1cc(C)nc(Sc2ccc(NC(=O)c3ccc(-c4nnc(-c5ccccc5)o4)cc3)cc2)n1. The molecule has 7 nitrogen and oxygen atoms in total. The van der Waals surface area contributed by atoms with Crippen LogP contribution in [0.2, 0.25) is 0 Å². The molecule has 2 aromatic heterocycles. The molecule has 5 rings (SSSR count). The summed E-state index contributed by atoms with van der Waals surface area (Å²) in [6, 6.07) is 26.2. The number of aryl methyl sites for hydroxylation is 2. The number of amides is 1. The molecule has 0 aliphatic rings. The molecule has 35 heavy (non-hydrogen) atoms. The van der Waals surface area contributed by atoms with Gasteiger partial charge < -0.3 is 9.73 Å². The van der Waals surface area contributed by atoms with E-state index in [2.05, 4.69) is 25.5 Å². The van der Waals surface area contributed by atoms with Crippen molar-refractivity contribution < 1.29 is 9.21 Å². The summed E-state index contributed by atoms with van der Waals surface area (Å²) in [5, 5.41) is 11.9. The van der Waals surface area contributed by atoms with Gasteiger partial charge in [0, 0.05) is 38.7 Å². The van der Waals surface area contributed by atoms with Crippen LogP contribution in [-0.4, -0.2) is 26.1 Å². The third-order valence-electron chi connectivity index (χ3n) is 5.12. The monoisotopic (exact) mass is 479 g/mol. The van der Waals surface area contributed by atoms with Gasteiger partial charge in [-0.1, -0.05) is 18.2 Å². The lowest BCUT2D eigenvalue weighted by Crippen LogP contribution is -2.11. The van der Waals surface area contributed by atoms with Crippen LogP contribution in [0.4, 0.5) is 5.69 Å². The second-order valence-electron chi connectivity index (χ2n) is 7.87. The second-order valence-corrected chi connectivity index (χ2v) is 8.91. The van der Waals surface area contributed by atoms with Crippen LogP contribution < -0.4 is 5.32 Å². The third-order valence-corrected chi connectivity index (χ3v) is 6.00. The van der Waals surface area contributed by atoms with Gasteiger partial charge in [-0.25, -0.2) is 9.97 Å². The largest absolute Gasteiger partial charge is 0.416 e. The van der Waals surface area contributed by atoms with E-state index < -0.39 is 0 Å². The lowest BCUT2D eigenvalue weighted by Gasteiger charge is -2.07. The maximum absolute atomic E-state index is 12.7. The van der Waals surface area contributed by atoms with Crippen LogP contribution in [0.3, 0.4) is 0 Å². The fourth-order valence-electron chi connectivity index (χ4n) is 3.46. The molecule has 0 atom stereocenters. The van der Waals surface area contributed by atoms with E-state index in [4.69, 9.17) is 4.42 Å². The van der Waals surface area contributed by atoms with E-state index in [1.165, 1.54) is 11.8 Å². The Kier molecular flexibility index (Phi) is 6.36.